The second-order valence-electron chi connectivity index (χ2n) is 3.05. The molecule has 0 radical (unpaired) electrons. The lowest BCUT2D eigenvalue weighted by Crippen LogP contribution is -2.25. The van der Waals surface area contributed by atoms with Crippen molar-refractivity contribution in [1.82, 2.24) is 0 Å². The summed E-state index contributed by atoms with van der Waals surface area (Å²) in [6.45, 7) is 4.56. The van der Waals surface area contributed by atoms with Gasteiger partial charge in [-0.3, -0.25) is 9.59 Å². The molecule has 0 aromatic carbocycles. The second-order valence-corrected chi connectivity index (χ2v) is 3.05. The molecule has 0 rings (SSSR count). The number of carboxylic acid groups (broad SMARTS) is 2. The molecular formula is C8H16O5. The van der Waals surface area contributed by atoms with Crippen molar-refractivity contribution in [3.8, 4) is 0 Å². The van der Waals surface area contributed by atoms with Crippen molar-refractivity contribution in [3.05, 3.63) is 0 Å². The van der Waals surface area contributed by atoms with Crippen LogP contribution >= 0.6 is 0 Å². The number of hydrogen-bond acceptors (Lipinski definition) is 3. The van der Waals surface area contributed by atoms with Crippen molar-refractivity contribution in [2.24, 2.45) is 0 Å². The minimum Gasteiger partial charge on any atom is -0.481 e. The highest BCUT2D eigenvalue weighted by Crippen LogP contribution is 2.11. The van der Waals surface area contributed by atoms with Gasteiger partial charge in [0.15, 0.2) is 0 Å². The minimum absolute atomic E-state index is 0.0451. The summed E-state index contributed by atoms with van der Waals surface area (Å²) < 4.78 is 4.87. The van der Waals surface area contributed by atoms with Gasteiger partial charge < -0.3 is 14.9 Å². The lowest BCUT2D eigenvalue weighted by Gasteiger charge is -2.19. The maximum absolute atomic E-state index is 10.1. The van der Waals surface area contributed by atoms with Crippen LogP contribution in [0.15, 0.2) is 0 Å². The Hall–Kier alpha value is -1.10. The van der Waals surface area contributed by atoms with Crippen molar-refractivity contribution in [1.29, 1.82) is 0 Å². The minimum atomic E-state index is -0.833. The Morgan fingerprint density at radius 1 is 1.31 bits per heavy atom. The number of hydrogen-bond donors (Lipinski definition) is 2. The highest BCUT2D eigenvalue weighted by Gasteiger charge is 2.19. The Morgan fingerprint density at radius 2 is 1.62 bits per heavy atom. The molecule has 0 unspecified atom stereocenters. The number of aliphatic carboxylic acids is 2. The van der Waals surface area contributed by atoms with Gasteiger partial charge in [0.1, 0.15) is 0 Å². The summed E-state index contributed by atoms with van der Waals surface area (Å²) in [6, 6.07) is 0. The molecule has 13 heavy (non-hydrogen) atoms. The SMILES string of the molecule is CC(=O)O.COC(C)(C)CC(=O)O. The van der Waals surface area contributed by atoms with E-state index in [-0.39, 0.29) is 6.42 Å². The maximum Gasteiger partial charge on any atom is 0.306 e. The van der Waals surface area contributed by atoms with Gasteiger partial charge in [-0.1, -0.05) is 0 Å². The van der Waals surface area contributed by atoms with E-state index < -0.39 is 17.5 Å². The van der Waals surface area contributed by atoms with Crippen LogP contribution in [0.4, 0.5) is 0 Å². The van der Waals surface area contributed by atoms with E-state index >= 15 is 0 Å². The Morgan fingerprint density at radius 3 is 1.69 bits per heavy atom. The summed E-state index contributed by atoms with van der Waals surface area (Å²) in [5.74, 6) is -1.66. The van der Waals surface area contributed by atoms with E-state index in [1.807, 2.05) is 0 Å². The molecule has 0 heterocycles. The fraction of sp³-hybridized carbons (Fsp3) is 0.750. The lowest BCUT2D eigenvalue weighted by molar-refractivity contribution is -0.142. The topological polar surface area (TPSA) is 83.8 Å². The van der Waals surface area contributed by atoms with Gasteiger partial charge in [0.05, 0.1) is 12.0 Å². The van der Waals surface area contributed by atoms with Crippen molar-refractivity contribution in [2.75, 3.05) is 7.11 Å². The van der Waals surface area contributed by atoms with Gasteiger partial charge in [-0.15, -0.1) is 0 Å². The molecule has 0 fully saturated rings. The van der Waals surface area contributed by atoms with E-state index in [0.717, 1.165) is 6.92 Å². The van der Waals surface area contributed by atoms with Gasteiger partial charge in [-0.2, -0.15) is 0 Å². The van der Waals surface area contributed by atoms with Crippen LogP contribution in [-0.2, 0) is 14.3 Å². The number of ether oxygens (including phenoxy) is 1. The summed E-state index contributed by atoms with van der Waals surface area (Å²) in [6.07, 6.45) is 0.0451. The molecule has 5 heteroatoms. The first-order chi connectivity index (χ1) is 5.71. The Labute approximate surface area is 77.3 Å². The van der Waals surface area contributed by atoms with Crippen LogP contribution in [0.1, 0.15) is 27.2 Å². The molecule has 0 bridgehead atoms. The quantitative estimate of drug-likeness (QED) is 0.696. The average Bonchev–Trinajstić information content (AvgIpc) is 1.83. The van der Waals surface area contributed by atoms with E-state index in [0.29, 0.717) is 0 Å². The van der Waals surface area contributed by atoms with Gasteiger partial charge >= 0.3 is 5.97 Å². The number of carbonyl (C=O) groups is 2. The Bertz CT molecular complexity index is 169. The van der Waals surface area contributed by atoms with Crippen molar-refractivity contribution < 1.29 is 24.5 Å². The van der Waals surface area contributed by atoms with Gasteiger partial charge in [0, 0.05) is 14.0 Å². The molecule has 78 valence electrons. The molecule has 2 N–H and O–H groups in total. The predicted octanol–water partition coefficient (Wildman–Crippen LogP) is 0.977. The molecule has 0 aliphatic heterocycles. The predicted molar refractivity (Wildman–Crippen MR) is 46.7 cm³/mol. The Balaban J connectivity index is 0. The third-order valence-electron chi connectivity index (χ3n) is 1.13. The molecular weight excluding hydrogens is 176 g/mol. The lowest BCUT2D eigenvalue weighted by atomic mass is 10.1. The molecule has 5 nitrogen and oxygen atoms in total. The highest BCUT2D eigenvalue weighted by molar-refractivity contribution is 5.67. The van der Waals surface area contributed by atoms with Crippen LogP contribution in [0, 0.1) is 0 Å². The van der Waals surface area contributed by atoms with Gasteiger partial charge in [0.2, 0.25) is 0 Å². The van der Waals surface area contributed by atoms with E-state index in [2.05, 4.69) is 0 Å². The largest absolute Gasteiger partial charge is 0.481 e. The smallest absolute Gasteiger partial charge is 0.306 e. The van der Waals surface area contributed by atoms with Crippen molar-refractivity contribution in [3.63, 3.8) is 0 Å². The standard InChI is InChI=1S/C6H12O3.C2H4O2/c1-6(2,9-3)4-5(7)8;1-2(3)4/h4H2,1-3H3,(H,7,8);1H3,(H,3,4). The van der Waals surface area contributed by atoms with E-state index in [9.17, 15) is 4.79 Å². The van der Waals surface area contributed by atoms with Crippen LogP contribution in [0.3, 0.4) is 0 Å². The van der Waals surface area contributed by atoms with Gasteiger partial charge in [-0.05, 0) is 13.8 Å². The van der Waals surface area contributed by atoms with Gasteiger partial charge in [-0.25, -0.2) is 0 Å². The summed E-state index contributed by atoms with van der Waals surface area (Å²) in [5, 5.41) is 15.7. The first kappa shape index (κ1) is 14.4. The van der Waals surface area contributed by atoms with Crippen molar-refractivity contribution >= 4 is 11.9 Å². The summed E-state index contributed by atoms with van der Waals surface area (Å²) in [5.41, 5.74) is -0.536. The zero-order valence-corrected chi connectivity index (χ0v) is 8.33. The van der Waals surface area contributed by atoms with Crippen LogP contribution in [0.2, 0.25) is 0 Å². The molecule has 0 aliphatic rings. The highest BCUT2D eigenvalue weighted by atomic mass is 16.5. The third kappa shape index (κ3) is 18.1. The molecule has 0 saturated carbocycles. The van der Waals surface area contributed by atoms with Crippen LogP contribution in [0.25, 0.3) is 0 Å². The van der Waals surface area contributed by atoms with Gasteiger partial charge in [0.25, 0.3) is 5.97 Å². The second kappa shape index (κ2) is 6.42. The molecule has 0 atom stereocenters. The molecule has 0 aromatic heterocycles. The molecule has 0 saturated heterocycles. The molecule has 0 aromatic rings. The summed E-state index contributed by atoms with van der Waals surface area (Å²) in [4.78, 5) is 19.1. The molecule has 0 aliphatic carbocycles. The summed E-state index contributed by atoms with van der Waals surface area (Å²) in [7, 11) is 1.50. The van der Waals surface area contributed by atoms with E-state index in [1.54, 1.807) is 13.8 Å². The van der Waals surface area contributed by atoms with E-state index in [1.165, 1.54) is 7.11 Å². The summed E-state index contributed by atoms with van der Waals surface area (Å²) >= 11 is 0. The third-order valence-corrected chi connectivity index (χ3v) is 1.13. The first-order valence-electron chi connectivity index (χ1n) is 3.67. The number of methoxy groups -OCH3 is 1. The van der Waals surface area contributed by atoms with E-state index in [4.69, 9.17) is 19.7 Å². The van der Waals surface area contributed by atoms with Crippen LogP contribution < -0.4 is 0 Å². The molecule has 0 spiro atoms. The number of carboxylic acids is 2. The normalized spacial score (nSPS) is 9.85. The zero-order chi connectivity index (χ0) is 11.1. The molecule has 0 amide bonds. The monoisotopic (exact) mass is 192 g/mol. The number of rotatable bonds is 3. The fourth-order valence-corrected chi connectivity index (χ4v) is 0.436. The fourth-order valence-electron chi connectivity index (χ4n) is 0.436. The first-order valence-corrected chi connectivity index (χ1v) is 3.67. The Kier molecular flexibility index (Phi) is 7.12. The van der Waals surface area contributed by atoms with Crippen molar-refractivity contribution in [2.45, 2.75) is 32.8 Å². The van der Waals surface area contributed by atoms with Crippen LogP contribution in [-0.4, -0.2) is 34.9 Å². The average molecular weight is 192 g/mol. The zero-order valence-electron chi connectivity index (χ0n) is 8.33. The van der Waals surface area contributed by atoms with Crippen LogP contribution in [0.5, 0.6) is 0 Å². The maximum atomic E-state index is 10.1.